The van der Waals surface area contributed by atoms with Crippen LogP contribution >= 0.6 is 11.6 Å². The topological polar surface area (TPSA) is 91.5 Å². The van der Waals surface area contributed by atoms with Crippen LogP contribution in [0.25, 0.3) is 11.1 Å². The number of hydrogen-bond donors (Lipinski definition) is 3. The monoisotopic (exact) mass is 394 g/mol. The van der Waals surface area contributed by atoms with Crippen LogP contribution < -0.4 is 11.1 Å². The Hall–Kier alpha value is -2.38. The van der Waals surface area contributed by atoms with E-state index in [1.54, 1.807) is 20.2 Å². The molecule has 27 heavy (non-hydrogen) atoms. The number of carbonyl (C=O) groups is 1. The number of pyridine rings is 1. The van der Waals surface area contributed by atoms with Crippen molar-refractivity contribution in [3.8, 4) is 11.1 Å². The van der Waals surface area contributed by atoms with Gasteiger partial charge in [0.1, 0.15) is 11.6 Å². The molecular weight excluding hydrogens is 371 g/mol. The van der Waals surface area contributed by atoms with E-state index in [0.717, 1.165) is 13.7 Å². The molecule has 1 aromatic heterocycles. The smallest absolute Gasteiger partial charge is 0.258 e. The molecule has 0 atom stereocenters. The van der Waals surface area contributed by atoms with Gasteiger partial charge in [-0.05, 0) is 37.0 Å². The van der Waals surface area contributed by atoms with Gasteiger partial charge in [0.25, 0.3) is 5.91 Å². The van der Waals surface area contributed by atoms with Gasteiger partial charge in [-0.3, -0.25) is 4.79 Å². The number of nitrogens with zero attached hydrogens (tertiary/aromatic N) is 2. The van der Waals surface area contributed by atoms with Crippen molar-refractivity contribution in [2.45, 2.75) is 12.8 Å². The Balaban J connectivity index is 0.00000126. The molecule has 0 radical (unpaired) electrons. The van der Waals surface area contributed by atoms with Crippen LogP contribution in [0.3, 0.4) is 0 Å². The molecule has 4 N–H and O–H groups in total. The van der Waals surface area contributed by atoms with Gasteiger partial charge < -0.3 is 21.1 Å². The number of nitrogens with one attached hydrogen (secondary N) is 1. The number of hydrogen-bond acceptors (Lipinski definition) is 5. The fraction of sp³-hybridized carbons (Fsp3) is 0.368. The van der Waals surface area contributed by atoms with Gasteiger partial charge in [-0.25, -0.2) is 9.37 Å². The van der Waals surface area contributed by atoms with Gasteiger partial charge in [-0.2, -0.15) is 0 Å². The quantitative estimate of drug-likeness (QED) is 0.677. The first-order valence-corrected chi connectivity index (χ1v) is 8.90. The lowest BCUT2D eigenvalue weighted by Crippen LogP contribution is -2.24. The number of carbonyl (C=O) groups excluding carboxylic acids is 1. The molecule has 1 aromatic carbocycles. The minimum atomic E-state index is -0.693. The highest BCUT2D eigenvalue weighted by Gasteiger charge is 2.23. The third-order valence-electron chi connectivity index (χ3n) is 4.21. The van der Waals surface area contributed by atoms with Crippen molar-refractivity contribution in [2.24, 2.45) is 5.92 Å². The van der Waals surface area contributed by atoms with Crippen LogP contribution in [-0.4, -0.2) is 48.6 Å². The van der Waals surface area contributed by atoms with Crippen molar-refractivity contribution >= 4 is 29.0 Å². The molecule has 2 aromatic rings. The van der Waals surface area contributed by atoms with E-state index in [-0.39, 0.29) is 16.8 Å². The van der Waals surface area contributed by atoms with Gasteiger partial charge in [-0.1, -0.05) is 11.6 Å². The number of benzene rings is 1. The lowest BCUT2D eigenvalue weighted by atomic mass is 10.0. The first kappa shape index (κ1) is 20.9. The van der Waals surface area contributed by atoms with Crippen LogP contribution in [0.4, 0.5) is 15.9 Å². The zero-order valence-electron chi connectivity index (χ0n) is 15.6. The van der Waals surface area contributed by atoms with Crippen LogP contribution in [0.1, 0.15) is 23.2 Å². The first-order chi connectivity index (χ1) is 12.9. The maximum Gasteiger partial charge on any atom is 0.258 e. The number of nitrogen functional groups attached to an aromatic ring is 1. The third kappa shape index (κ3) is 4.87. The average molecular weight is 395 g/mol. The summed E-state index contributed by atoms with van der Waals surface area (Å²) in [6, 6.07) is 4.69. The second kappa shape index (κ2) is 9.01. The lowest BCUT2D eigenvalue weighted by molar-refractivity contribution is 0.0824. The van der Waals surface area contributed by atoms with E-state index in [9.17, 15) is 9.18 Å². The molecule has 6 nitrogen and oxygen atoms in total. The van der Waals surface area contributed by atoms with E-state index in [0.29, 0.717) is 22.3 Å². The maximum atomic E-state index is 14.9. The minimum Gasteiger partial charge on any atom is -0.400 e. The van der Waals surface area contributed by atoms with Crippen LogP contribution in [0.2, 0.25) is 5.02 Å². The zero-order valence-corrected chi connectivity index (χ0v) is 16.3. The van der Waals surface area contributed by atoms with Crippen LogP contribution in [0.5, 0.6) is 0 Å². The second-order valence-corrected chi connectivity index (χ2v) is 6.87. The summed E-state index contributed by atoms with van der Waals surface area (Å²) in [4.78, 5) is 17.8. The Morgan fingerprint density at radius 3 is 2.59 bits per heavy atom. The minimum absolute atomic E-state index is 0.0896. The second-order valence-electron chi connectivity index (χ2n) is 6.46. The van der Waals surface area contributed by atoms with Crippen molar-refractivity contribution < 1.29 is 14.3 Å². The summed E-state index contributed by atoms with van der Waals surface area (Å²) in [5.74, 6) is 0.167. The molecule has 146 valence electrons. The Bertz CT molecular complexity index is 826. The standard InChI is InChI=1S/C18H20ClFN4O.CH4O/c1-24(2)18(25)16-14(21)6-5-11(17(16)20)12-9-23-15(7-13(12)19)22-8-10-3-4-10;1-2/h5-7,9-10H,3-4,8,21H2,1-2H3,(H,22,23);2H,1H3. The van der Waals surface area contributed by atoms with Crippen LogP contribution in [0, 0.1) is 11.7 Å². The fourth-order valence-electron chi connectivity index (χ4n) is 2.54. The highest BCUT2D eigenvalue weighted by atomic mass is 35.5. The zero-order chi connectivity index (χ0) is 20.1. The normalized spacial score (nSPS) is 12.8. The van der Waals surface area contributed by atoms with Gasteiger partial charge in [0.05, 0.1) is 10.6 Å². The van der Waals surface area contributed by atoms with Gasteiger partial charge >= 0.3 is 0 Å². The van der Waals surface area contributed by atoms with Gasteiger partial charge in [0, 0.05) is 50.8 Å². The van der Waals surface area contributed by atoms with Gasteiger partial charge in [0.15, 0.2) is 0 Å². The number of anilines is 2. The van der Waals surface area contributed by atoms with Crippen molar-refractivity contribution in [3.63, 3.8) is 0 Å². The molecule has 0 aliphatic heterocycles. The summed E-state index contributed by atoms with van der Waals surface area (Å²) in [5.41, 5.74) is 6.35. The summed E-state index contributed by atoms with van der Waals surface area (Å²) < 4.78 is 14.9. The van der Waals surface area contributed by atoms with E-state index in [4.69, 9.17) is 22.4 Å². The number of rotatable bonds is 5. The molecule has 1 fully saturated rings. The van der Waals surface area contributed by atoms with E-state index < -0.39 is 11.7 Å². The molecule has 8 heteroatoms. The Kier molecular flexibility index (Phi) is 6.98. The number of aromatic nitrogens is 1. The molecule has 0 unspecified atom stereocenters. The molecule has 1 aliphatic carbocycles. The Morgan fingerprint density at radius 2 is 2.04 bits per heavy atom. The first-order valence-electron chi connectivity index (χ1n) is 8.52. The number of aliphatic hydroxyl groups is 1. The summed E-state index contributed by atoms with van der Waals surface area (Å²) in [7, 11) is 4.09. The highest BCUT2D eigenvalue weighted by molar-refractivity contribution is 6.33. The summed E-state index contributed by atoms with van der Waals surface area (Å²) in [6.07, 6.45) is 3.98. The van der Waals surface area contributed by atoms with Crippen molar-refractivity contribution in [2.75, 3.05) is 38.8 Å². The predicted molar refractivity (Wildman–Crippen MR) is 106 cm³/mol. The van der Waals surface area contributed by atoms with E-state index in [2.05, 4.69) is 10.3 Å². The summed E-state index contributed by atoms with van der Waals surface area (Å²) in [5, 5.41) is 10.6. The molecule has 1 amide bonds. The maximum absolute atomic E-state index is 14.9. The largest absolute Gasteiger partial charge is 0.400 e. The molecule has 0 saturated heterocycles. The number of nitrogens with two attached hydrogens (primary N) is 1. The SMILES string of the molecule is CN(C)C(=O)c1c(N)ccc(-c2cnc(NCC3CC3)cc2Cl)c1F.CO. The molecule has 1 saturated carbocycles. The molecule has 3 rings (SSSR count). The van der Waals surface area contributed by atoms with Gasteiger partial charge in [0.2, 0.25) is 0 Å². The van der Waals surface area contributed by atoms with Gasteiger partial charge in [-0.15, -0.1) is 0 Å². The van der Waals surface area contributed by atoms with E-state index >= 15 is 0 Å². The molecule has 0 bridgehead atoms. The van der Waals surface area contributed by atoms with Crippen LogP contribution in [-0.2, 0) is 0 Å². The van der Waals surface area contributed by atoms with E-state index in [1.165, 1.54) is 36.1 Å². The summed E-state index contributed by atoms with van der Waals surface area (Å²) in [6.45, 7) is 0.861. The van der Waals surface area contributed by atoms with Crippen LogP contribution in [0.15, 0.2) is 24.4 Å². The number of amides is 1. The third-order valence-corrected chi connectivity index (χ3v) is 4.52. The fourth-order valence-corrected chi connectivity index (χ4v) is 2.79. The van der Waals surface area contributed by atoms with Crippen molar-refractivity contribution in [3.05, 3.63) is 40.8 Å². The molecule has 0 spiro atoms. The highest BCUT2D eigenvalue weighted by Crippen LogP contribution is 2.34. The molecule has 1 aliphatic rings. The number of aliphatic hydroxyl groups excluding tert-OH is 1. The Labute approximate surface area is 163 Å². The van der Waals surface area contributed by atoms with Crippen molar-refractivity contribution in [1.29, 1.82) is 0 Å². The molecule has 1 heterocycles. The Morgan fingerprint density at radius 1 is 1.37 bits per heavy atom. The lowest BCUT2D eigenvalue weighted by Gasteiger charge is -2.16. The number of halogens is 2. The predicted octanol–water partition coefficient (Wildman–Crippen LogP) is 3.26. The van der Waals surface area contributed by atoms with Crippen molar-refractivity contribution in [1.82, 2.24) is 9.88 Å². The van der Waals surface area contributed by atoms with E-state index in [1.807, 2.05) is 0 Å². The average Bonchev–Trinajstić information content (AvgIpc) is 3.47. The molecular formula is C19H24ClFN4O2. The summed E-state index contributed by atoms with van der Waals surface area (Å²) >= 11 is 6.33.